The minimum Gasteiger partial charge on any atom is -0.231 e. The summed E-state index contributed by atoms with van der Waals surface area (Å²) in [4.78, 5) is 5.10. The van der Waals surface area contributed by atoms with Gasteiger partial charge < -0.3 is 0 Å². The third kappa shape index (κ3) is 1.47. The van der Waals surface area contributed by atoms with E-state index in [1.54, 1.807) is 12.4 Å². The lowest BCUT2D eigenvalue weighted by molar-refractivity contribution is 1.03. The molecule has 0 N–H and O–H groups in total. The van der Waals surface area contributed by atoms with Crippen molar-refractivity contribution in [3.8, 4) is 16.5 Å². The Morgan fingerprint density at radius 2 is 2.29 bits per heavy atom. The van der Waals surface area contributed by atoms with E-state index in [-0.39, 0.29) is 0 Å². The Hall–Kier alpha value is -1.80. The molecule has 0 aromatic carbocycles. The average molecular weight is 202 g/mol. The second kappa shape index (κ2) is 3.52. The summed E-state index contributed by atoms with van der Waals surface area (Å²) in [5.41, 5.74) is 1.82. The molecule has 2 aromatic heterocycles. The highest BCUT2D eigenvalue weighted by Gasteiger charge is 2.08. The second-order valence-electron chi connectivity index (χ2n) is 2.68. The van der Waals surface area contributed by atoms with E-state index in [4.69, 9.17) is 5.26 Å². The topological polar surface area (TPSA) is 62.5 Å². The minimum atomic E-state index is 0.481. The molecule has 0 atom stereocenters. The monoisotopic (exact) mass is 202 g/mol. The van der Waals surface area contributed by atoms with E-state index >= 15 is 0 Å². The molecule has 2 rings (SSSR count). The van der Waals surface area contributed by atoms with Crippen LogP contribution in [-0.2, 0) is 0 Å². The SMILES string of the molecule is Cc1nc(C#N)sc1-c1ccnnc1. The molecule has 0 fully saturated rings. The van der Waals surface area contributed by atoms with Crippen LogP contribution in [0.5, 0.6) is 0 Å². The highest BCUT2D eigenvalue weighted by molar-refractivity contribution is 7.15. The van der Waals surface area contributed by atoms with E-state index in [0.717, 1.165) is 16.1 Å². The third-order valence-electron chi connectivity index (χ3n) is 1.74. The van der Waals surface area contributed by atoms with E-state index in [2.05, 4.69) is 15.2 Å². The van der Waals surface area contributed by atoms with Crippen molar-refractivity contribution in [1.29, 1.82) is 5.26 Å². The molecular formula is C9H6N4S. The maximum absolute atomic E-state index is 8.69. The first kappa shape index (κ1) is 8.78. The molecule has 2 aromatic rings. The fourth-order valence-corrected chi connectivity index (χ4v) is 1.99. The summed E-state index contributed by atoms with van der Waals surface area (Å²) in [6, 6.07) is 3.89. The number of hydrogen-bond acceptors (Lipinski definition) is 5. The number of rotatable bonds is 1. The molecule has 0 aliphatic rings. The molecule has 68 valence electrons. The summed E-state index contributed by atoms with van der Waals surface area (Å²) in [7, 11) is 0. The standard InChI is InChI=1S/C9H6N4S/c1-6-9(14-8(4-10)13-6)7-2-3-11-12-5-7/h2-3,5H,1H3. The van der Waals surface area contributed by atoms with E-state index in [1.807, 2.05) is 19.1 Å². The predicted molar refractivity (Wildman–Crippen MR) is 52.6 cm³/mol. The van der Waals surface area contributed by atoms with Gasteiger partial charge in [-0.25, -0.2) is 4.98 Å². The number of nitriles is 1. The number of nitrogens with zero attached hydrogens (tertiary/aromatic N) is 4. The Bertz CT molecular complexity index is 483. The van der Waals surface area contributed by atoms with Gasteiger partial charge in [0.1, 0.15) is 6.07 Å². The summed E-state index contributed by atoms with van der Waals surface area (Å²) in [6.07, 6.45) is 3.29. The van der Waals surface area contributed by atoms with E-state index in [9.17, 15) is 0 Å². The average Bonchev–Trinajstić information content (AvgIpc) is 2.61. The van der Waals surface area contributed by atoms with Crippen molar-refractivity contribution in [2.24, 2.45) is 0 Å². The van der Waals surface area contributed by atoms with Crippen LogP contribution in [0.2, 0.25) is 0 Å². The van der Waals surface area contributed by atoms with E-state index < -0.39 is 0 Å². The maximum Gasteiger partial charge on any atom is 0.195 e. The molecular weight excluding hydrogens is 196 g/mol. The van der Waals surface area contributed by atoms with Gasteiger partial charge in [0.2, 0.25) is 0 Å². The van der Waals surface area contributed by atoms with Crippen LogP contribution in [0.15, 0.2) is 18.5 Å². The van der Waals surface area contributed by atoms with Crippen LogP contribution in [0.3, 0.4) is 0 Å². The molecule has 0 aliphatic carbocycles. The Morgan fingerprint density at radius 1 is 1.43 bits per heavy atom. The first-order chi connectivity index (χ1) is 6.81. The molecule has 0 spiro atoms. The molecule has 5 heteroatoms. The van der Waals surface area contributed by atoms with Crippen LogP contribution in [0.4, 0.5) is 0 Å². The van der Waals surface area contributed by atoms with Crippen LogP contribution in [0, 0.1) is 18.3 Å². The highest BCUT2D eigenvalue weighted by Crippen LogP contribution is 2.28. The lowest BCUT2D eigenvalue weighted by Gasteiger charge is -1.94. The number of hydrogen-bond donors (Lipinski definition) is 0. The largest absolute Gasteiger partial charge is 0.231 e. The summed E-state index contributed by atoms with van der Waals surface area (Å²) in [5, 5.41) is 16.7. The van der Waals surface area contributed by atoms with Gasteiger partial charge in [-0.3, -0.25) is 0 Å². The molecule has 0 unspecified atom stereocenters. The van der Waals surface area contributed by atoms with Crippen molar-refractivity contribution < 1.29 is 0 Å². The van der Waals surface area contributed by atoms with Crippen molar-refractivity contribution in [3.05, 3.63) is 29.2 Å². The molecule has 14 heavy (non-hydrogen) atoms. The second-order valence-corrected chi connectivity index (χ2v) is 3.68. The summed E-state index contributed by atoms with van der Waals surface area (Å²) in [6.45, 7) is 1.88. The van der Waals surface area contributed by atoms with Gasteiger partial charge in [0.05, 0.1) is 23.0 Å². The lowest BCUT2D eigenvalue weighted by Crippen LogP contribution is -1.81. The van der Waals surface area contributed by atoms with Crippen LogP contribution < -0.4 is 0 Å². The number of aromatic nitrogens is 3. The number of aryl methyl sites for hydroxylation is 1. The first-order valence-electron chi connectivity index (χ1n) is 3.96. The molecule has 0 saturated carbocycles. The zero-order chi connectivity index (χ0) is 9.97. The molecule has 0 aliphatic heterocycles. The minimum absolute atomic E-state index is 0.481. The zero-order valence-corrected chi connectivity index (χ0v) is 8.25. The Labute approximate surface area is 84.9 Å². The van der Waals surface area contributed by atoms with E-state index in [1.165, 1.54) is 11.3 Å². The first-order valence-corrected chi connectivity index (χ1v) is 4.77. The predicted octanol–water partition coefficient (Wildman–Crippen LogP) is 1.78. The number of thiazole rings is 1. The molecule has 0 radical (unpaired) electrons. The summed E-state index contributed by atoms with van der Waals surface area (Å²) in [5.74, 6) is 0. The van der Waals surface area contributed by atoms with Gasteiger partial charge in [-0.15, -0.1) is 11.3 Å². The quantitative estimate of drug-likeness (QED) is 0.707. The van der Waals surface area contributed by atoms with Crippen molar-refractivity contribution in [2.75, 3.05) is 0 Å². The van der Waals surface area contributed by atoms with Crippen molar-refractivity contribution in [2.45, 2.75) is 6.92 Å². The van der Waals surface area contributed by atoms with Gasteiger partial charge in [0, 0.05) is 5.56 Å². The van der Waals surface area contributed by atoms with Gasteiger partial charge in [0.25, 0.3) is 0 Å². The van der Waals surface area contributed by atoms with Gasteiger partial charge in [-0.05, 0) is 13.0 Å². The summed E-state index contributed by atoms with van der Waals surface area (Å²) >= 11 is 1.37. The third-order valence-corrected chi connectivity index (χ3v) is 2.85. The molecule has 0 bridgehead atoms. The fourth-order valence-electron chi connectivity index (χ4n) is 1.14. The van der Waals surface area contributed by atoms with Gasteiger partial charge in [-0.1, -0.05) is 0 Å². The Balaban J connectivity index is 2.53. The summed E-state index contributed by atoms with van der Waals surface area (Å²) < 4.78 is 0. The van der Waals surface area contributed by atoms with Crippen LogP contribution in [0.1, 0.15) is 10.7 Å². The smallest absolute Gasteiger partial charge is 0.195 e. The molecule has 4 nitrogen and oxygen atoms in total. The zero-order valence-electron chi connectivity index (χ0n) is 7.43. The van der Waals surface area contributed by atoms with Crippen molar-refractivity contribution in [1.82, 2.24) is 15.2 Å². The Kier molecular flexibility index (Phi) is 2.21. The van der Waals surface area contributed by atoms with Crippen LogP contribution in [-0.4, -0.2) is 15.2 Å². The fraction of sp³-hybridized carbons (Fsp3) is 0.111. The Morgan fingerprint density at radius 3 is 2.86 bits per heavy atom. The van der Waals surface area contributed by atoms with Crippen LogP contribution in [0.25, 0.3) is 10.4 Å². The van der Waals surface area contributed by atoms with Crippen molar-refractivity contribution >= 4 is 11.3 Å². The lowest BCUT2D eigenvalue weighted by atomic mass is 10.2. The van der Waals surface area contributed by atoms with Gasteiger partial charge >= 0.3 is 0 Å². The van der Waals surface area contributed by atoms with Gasteiger partial charge in [-0.2, -0.15) is 15.5 Å². The molecule has 0 saturated heterocycles. The van der Waals surface area contributed by atoms with E-state index in [0.29, 0.717) is 5.01 Å². The molecule has 2 heterocycles. The molecule has 0 amide bonds. The van der Waals surface area contributed by atoms with Crippen LogP contribution >= 0.6 is 11.3 Å². The maximum atomic E-state index is 8.69. The highest BCUT2D eigenvalue weighted by atomic mass is 32.1. The van der Waals surface area contributed by atoms with Gasteiger partial charge in [0.15, 0.2) is 5.01 Å². The normalized spacial score (nSPS) is 9.71. The van der Waals surface area contributed by atoms with Crippen molar-refractivity contribution in [3.63, 3.8) is 0 Å².